The zero-order chi connectivity index (χ0) is 14.9. The second-order valence-electron chi connectivity index (χ2n) is 4.77. The minimum Gasteiger partial charge on any atom is -0.478 e. The quantitative estimate of drug-likeness (QED) is 0.877. The standard InChI is InChI=1S/C13H13BrF3NO2/c14-9-4-1-5-10(11(9)12(19)20)18-6-2-3-8(7-18)13(15,16)17/h1,4-5,8H,2-3,6-7H2,(H,19,20). The van der Waals surface area contributed by atoms with Crippen LogP contribution in [0.5, 0.6) is 0 Å². The molecule has 2 rings (SSSR count). The van der Waals surface area contributed by atoms with Crippen LogP contribution in [0.2, 0.25) is 0 Å². The van der Waals surface area contributed by atoms with Crippen molar-refractivity contribution in [3.8, 4) is 0 Å². The van der Waals surface area contributed by atoms with Crippen molar-refractivity contribution in [3.05, 3.63) is 28.2 Å². The number of halogens is 4. The van der Waals surface area contributed by atoms with E-state index in [1.54, 1.807) is 18.2 Å². The number of nitrogens with zero attached hydrogens (tertiary/aromatic N) is 1. The Kier molecular flexibility index (Phi) is 4.27. The highest BCUT2D eigenvalue weighted by Gasteiger charge is 2.42. The van der Waals surface area contributed by atoms with Crippen molar-refractivity contribution in [1.29, 1.82) is 0 Å². The molecule has 1 aromatic rings. The van der Waals surface area contributed by atoms with Crippen molar-refractivity contribution in [3.63, 3.8) is 0 Å². The predicted octanol–water partition coefficient (Wildman–Crippen LogP) is 3.93. The summed E-state index contributed by atoms with van der Waals surface area (Å²) in [5.74, 6) is -2.56. The summed E-state index contributed by atoms with van der Waals surface area (Å²) in [5.41, 5.74) is 0.344. The first-order valence-electron chi connectivity index (χ1n) is 6.14. The number of aromatic carboxylic acids is 1. The first-order valence-corrected chi connectivity index (χ1v) is 6.93. The highest BCUT2D eigenvalue weighted by molar-refractivity contribution is 9.10. The number of carboxylic acid groups (broad SMARTS) is 1. The number of alkyl halides is 3. The van der Waals surface area contributed by atoms with Crippen LogP contribution in [0.4, 0.5) is 18.9 Å². The molecular formula is C13H13BrF3NO2. The van der Waals surface area contributed by atoms with Crippen molar-refractivity contribution < 1.29 is 23.1 Å². The number of piperidine rings is 1. The molecule has 1 atom stereocenters. The van der Waals surface area contributed by atoms with Gasteiger partial charge in [-0.05, 0) is 40.9 Å². The molecule has 1 heterocycles. The zero-order valence-corrected chi connectivity index (χ0v) is 12.0. The molecule has 0 amide bonds. The Balaban J connectivity index is 2.32. The van der Waals surface area contributed by atoms with Crippen LogP contribution in [-0.2, 0) is 0 Å². The monoisotopic (exact) mass is 351 g/mol. The van der Waals surface area contributed by atoms with Gasteiger partial charge in [0.15, 0.2) is 0 Å². The average Bonchev–Trinajstić information content (AvgIpc) is 2.37. The molecule has 1 aliphatic rings. The smallest absolute Gasteiger partial charge is 0.393 e. The minimum atomic E-state index is -4.24. The molecule has 1 aliphatic heterocycles. The fourth-order valence-electron chi connectivity index (χ4n) is 2.45. The molecule has 0 spiro atoms. The summed E-state index contributed by atoms with van der Waals surface area (Å²) in [5, 5.41) is 9.22. The maximum Gasteiger partial charge on any atom is 0.393 e. The number of anilines is 1. The molecule has 0 aromatic heterocycles. The maximum absolute atomic E-state index is 12.8. The molecule has 0 saturated carbocycles. The normalized spacial score (nSPS) is 20.0. The summed E-state index contributed by atoms with van der Waals surface area (Å²) >= 11 is 3.14. The molecule has 1 aromatic carbocycles. The lowest BCUT2D eigenvalue weighted by Crippen LogP contribution is -2.42. The van der Waals surface area contributed by atoms with Crippen LogP contribution in [0.25, 0.3) is 0 Å². The van der Waals surface area contributed by atoms with Gasteiger partial charge in [-0.25, -0.2) is 4.79 Å². The summed E-state index contributed by atoms with van der Waals surface area (Å²) in [6.07, 6.45) is -3.75. The molecule has 1 unspecified atom stereocenters. The van der Waals surface area contributed by atoms with Crippen molar-refractivity contribution >= 4 is 27.6 Å². The van der Waals surface area contributed by atoms with E-state index in [0.29, 0.717) is 23.1 Å². The Morgan fingerprint density at radius 2 is 2.10 bits per heavy atom. The first kappa shape index (κ1) is 15.2. The summed E-state index contributed by atoms with van der Waals surface area (Å²) in [4.78, 5) is 12.8. The van der Waals surface area contributed by atoms with E-state index in [1.165, 1.54) is 4.90 Å². The first-order chi connectivity index (χ1) is 9.30. The Morgan fingerprint density at radius 1 is 1.40 bits per heavy atom. The second-order valence-corrected chi connectivity index (χ2v) is 5.62. The Morgan fingerprint density at radius 3 is 2.70 bits per heavy atom. The summed E-state index contributed by atoms with van der Waals surface area (Å²) in [7, 11) is 0. The largest absolute Gasteiger partial charge is 0.478 e. The van der Waals surface area contributed by atoms with Gasteiger partial charge in [-0.3, -0.25) is 0 Å². The van der Waals surface area contributed by atoms with Crippen LogP contribution in [0.1, 0.15) is 23.2 Å². The molecule has 110 valence electrons. The molecule has 0 aliphatic carbocycles. The molecule has 1 saturated heterocycles. The van der Waals surface area contributed by atoms with Crippen molar-refractivity contribution in [2.45, 2.75) is 19.0 Å². The van der Waals surface area contributed by atoms with E-state index in [-0.39, 0.29) is 18.5 Å². The van der Waals surface area contributed by atoms with Crippen LogP contribution in [-0.4, -0.2) is 30.3 Å². The van der Waals surface area contributed by atoms with E-state index in [4.69, 9.17) is 0 Å². The third-order valence-electron chi connectivity index (χ3n) is 3.43. The number of rotatable bonds is 2. The summed E-state index contributed by atoms with van der Waals surface area (Å²) in [6.45, 7) is 0.240. The minimum absolute atomic E-state index is 0.00956. The number of carbonyl (C=O) groups is 1. The van der Waals surface area contributed by atoms with Crippen LogP contribution in [0.3, 0.4) is 0 Å². The van der Waals surface area contributed by atoms with E-state index in [2.05, 4.69) is 15.9 Å². The maximum atomic E-state index is 12.8. The van der Waals surface area contributed by atoms with Gasteiger partial charge in [0.05, 0.1) is 17.2 Å². The SMILES string of the molecule is O=C(O)c1c(Br)cccc1N1CCCC(C(F)(F)F)C1. The van der Waals surface area contributed by atoms with Gasteiger partial charge in [0.2, 0.25) is 0 Å². The van der Waals surface area contributed by atoms with Gasteiger partial charge < -0.3 is 10.0 Å². The van der Waals surface area contributed by atoms with Gasteiger partial charge in [-0.15, -0.1) is 0 Å². The molecule has 7 heteroatoms. The lowest BCUT2D eigenvalue weighted by atomic mass is 9.96. The van der Waals surface area contributed by atoms with Crippen molar-refractivity contribution in [2.24, 2.45) is 5.92 Å². The van der Waals surface area contributed by atoms with Gasteiger partial charge in [0, 0.05) is 17.6 Å². The molecular weight excluding hydrogens is 339 g/mol. The van der Waals surface area contributed by atoms with E-state index >= 15 is 0 Å². The predicted molar refractivity (Wildman–Crippen MR) is 72.1 cm³/mol. The van der Waals surface area contributed by atoms with Crippen LogP contribution < -0.4 is 4.90 Å². The highest BCUT2D eigenvalue weighted by atomic mass is 79.9. The van der Waals surface area contributed by atoms with Gasteiger partial charge in [0.1, 0.15) is 0 Å². The summed E-state index contributed by atoms with van der Waals surface area (Å²) in [6, 6.07) is 4.74. The third kappa shape index (κ3) is 3.08. The number of benzene rings is 1. The number of hydrogen-bond acceptors (Lipinski definition) is 2. The molecule has 3 nitrogen and oxygen atoms in total. The van der Waals surface area contributed by atoms with Crippen molar-refractivity contribution in [1.82, 2.24) is 0 Å². The average molecular weight is 352 g/mol. The Bertz CT molecular complexity index is 519. The van der Waals surface area contributed by atoms with Crippen molar-refractivity contribution in [2.75, 3.05) is 18.0 Å². The van der Waals surface area contributed by atoms with E-state index in [1.807, 2.05) is 0 Å². The fraction of sp³-hybridized carbons (Fsp3) is 0.462. The van der Waals surface area contributed by atoms with Gasteiger partial charge >= 0.3 is 12.1 Å². The van der Waals surface area contributed by atoms with E-state index in [9.17, 15) is 23.1 Å². The van der Waals surface area contributed by atoms with E-state index in [0.717, 1.165) is 0 Å². The fourth-order valence-corrected chi connectivity index (χ4v) is 2.98. The molecule has 20 heavy (non-hydrogen) atoms. The molecule has 0 radical (unpaired) electrons. The lowest BCUT2D eigenvalue weighted by Gasteiger charge is -2.36. The van der Waals surface area contributed by atoms with Crippen LogP contribution in [0, 0.1) is 5.92 Å². The third-order valence-corrected chi connectivity index (χ3v) is 4.09. The second kappa shape index (κ2) is 5.63. The van der Waals surface area contributed by atoms with Crippen LogP contribution >= 0.6 is 15.9 Å². The highest BCUT2D eigenvalue weighted by Crippen LogP contribution is 2.36. The lowest BCUT2D eigenvalue weighted by molar-refractivity contribution is -0.175. The number of hydrogen-bond donors (Lipinski definition) is 1. The topological polar surface area (TPSA) is 40.5 Å². The number of carboxylic acids is 1. The Labute approximate surface area is 122 Å². The van der Waals surface area contributed by atoms with Gasteiger partial charge in [-0.2, -0.15) is 13.2 Å². The van der Waals surface area contributed by atoms with Crippen LogP contribution in [0.15, 0.2) is 22.7 Å². The Hall–Kier alpha value is -1.24. The molecule has 1 N–H and O–H groups in total. The zero-order valence-electron chi connectivity index (χ0n) is 10.5. The summed E-state index contributed by atoms with van der Waals surface area (Å²) < 4.78 is 38.8. The van der Waals surface area contributed by atoms with Gasteiger partial charge in [-0.1, -0.05) is 6.07 Å². The van der Waals surface area contributed by atoms with Gasteiger partial charge in [0.25, 0.3) is 0 Å². The molecule has 0 bridgehead atoms. The molecule has 1 fully saturated rings. The van der Waals surface area contributed by atoms with E-state index < -0.39 is 18.1 Å².